The molecule has 1 aromatic carbocycles. The predicted octanol–water partition coefficient (Wildman–Crippen LogP) is 4.09. The van der Waals surface area contributed by atoms with E-state index in [-0.39, 0.29) is 42.7 Å². The Morgan fingerprint density at radius 2 is 2.10 bits per heavy atom. The monoisotopic (exact) mass is 444 g/mol. The van der Waals surface area contributed by atoms with Crippen LogP contribution in [0, 0.1) is 5.92 Å². The van der Waals surface area contributed by atoms with Crippen LogP contribution in [0.25, 0.3) is 11.0 Å². The molecule has 2 aliphatic rings. The predicted molar refractivity (Wildman–Crippen MR) is 113 cm³/mol. The standard InChI is InChI=1S/C22H22F2N4O2S/c1-12(17-6-7-18(31-17)21(30)28-9-8-22(23,24)11-28)25-20(29)14-10-13(14)19-26-15-4-2-3-5-16(15)27-19/h2-7,12-14H,8-11H2,1H3,(H,25,29)(H,26,27). The van der Waals surface area contributed by atoms with Gasteiger partial charge in [0, 0.05) is 29.7 Å². The number of H-pyrrole nitrogens is 1. The zero-order valence-electron chi connectivity index (χ0n) is 16.9. The van der Waals surface area contributed by atoms with Crippen LogP contribution >= 0.6 is 11.3 Å². The normalized spacial score (nSPS) is 23.1. The van der Waals surface area contributed by atoms with Crippen molar-refractivity contribution in [2.24, 2.45) is 5.92 Å². The van der Waals surface area contributed by atoms with E-state index in [2.05, 4.69) is 15.3 Å². The largest absolute Gasteiger partial charge is 0.349 e. The molecule has 3 unspecified atom stereocenters. The molecule has 0 spiro atoms. The van der Waals surface area contributed by atoms with E-state index in [1.165, 1.54) is 16.2 Å². The number of nitrogens with one attached hydrogen (secondary N) is 2. The number of fused-ring (bicyclic) bond motifs is 1. The Morgan fingerprint density at radius 1 is 1.29 bits per heavy atom. The van der Waals surface area contributed by atoms with Gasteiger partial charge in [0.05, 0.1) is 28.5 Å². The lowest BCUT2D eigenvalue weighted by molar-refractivity contribution is -0.123. The van der Waals surface area contributed by atoms with E-state index in [4.69, 9.17) is 0 Å². The summed E-state index contributed by atoms with van der Waals surface area (Å²) in [7, 11) is 0. The van der Waals surface area contributed by atoms with Crippen LogP contribution in [0.3, 0.4) is 0 Å². The molecule has 2 amide bonds. The number of rotatable bonds is 5. The second-order valence-electron chi connectivity index (χ2n) is 8.35. The van der Waals surface area contributed by atoms with Gasteiger partial charge in [-0.1, -0.05) is 12.1 Å². The summed E-state index contributed by atoms with van der Waals surface area (Å²) in [6.45, 7) is 1.40. The van der Waals surface area contributed by atoms with Gasteiger partial charge in [0.25, 0.3) is 11.8 Å². The number of aromatic amines is 1. The van der Waals surface area contributed by atoms with Crippen LogP contribution in [-0.4, -0.2) is 45.7 Å². The number of carbonyl (C=O) groups is 2. The fourth-order valence-electron chi connectivity index (χ4n) is 4.09. The number of hydrogen-bond acceptors (Lipinski definition) is 4. The number of halogens is 2. The molecule has 1 saturated carbocycles. The minimum Gasteiger partial charge on any atom is -0.349 e. The molecule has 162 valence electrons. The van der Waals surface area contributed by atoms with Crippen LogP contribution in [0.5, 0.6) is 0 Å². The number of nitrogens with zero attached hydrogens (tertiary/aromatic N) is 2. The lowest BCUT2D eigenvalue weighted by atomic mass is 10.2. The van der Waals surface area contributed by atoms with Gasteiger partial charge in [0.2, 0.25) is 5.91 Å². The summed E-state index contributed by atoms with van der Waals surface area (Å²) in [4.78, 5) is 35.5. The highest BCUT2D eigenvalue weighted by molar-refractivity contribution is 7.14. The molecule has 5 rings (SSSR count). The number of amides is 2. The summed E-state index contributed by atoms with van der Waals surface area (Å²) in [5.41, 5.74) is 1.85. The molecule has 1 aliphatic carbocycles. The van der Waals surface area contributed by atoms with Crippen molar-refractivity contribution in [3.63, 3.8) is 0 Å². The zero-order valence-corrected chi connectivity index (χ0v) is 17.7. The molecule has 2 fully saturated rings. The van der Waals surface area contributed by atoms with Gasteiger partial charge in [-0.15, -0.1) is 11.3 Å². The highest BCUT2D eigenvalue weighted by atomic mass is 32.1. The van der Waals surface area contributed by atoms with Gasteiger partial charge in [-0.2, -0.15) is 0 Å². The highest BCUT2D eigenvalue weighted by Crippen LogP contribution is 2.47. The maximum Gasteiger partial charge on any atom is 0.267 e. The molecule has 3 heterocycles. The third-order valence-electron chi connectivity index (χ3n) is 5.97. The molecule has 2 N–H and O–H groups in total. The van der Waals surface area contributed by atoms with Crippen LogP contribution in [0.2, 0.25) is 0 Å². The Morgan fingerprint density at radius 3 is 2.84 bits per heavy atom. The van der Waals surface area contributed by atoms with Gasteiger partial charge in [0.15, 0.2) is 0 Å². The third kappa shape index (κ3) is 3.94. The molecule has 31 heavy (non-hydrogen) atoms. The fourth-order valence-corrected chi connectivity index (χ4v) is 5.07. The van der Waals surface area contributed by atoms with Crippen molar-refractivity contribution >= 4 is 34.2 Å². The zero-order chi connectivity index (χ0) is 21.8. The molecular weight excluding hydrogens is 422 g/mol. The molecule has 9 heteroatoms. The summed E-state index contributed by atoms with van der Waals surface area (Å²) in [6.07, 6.45) is 0.451. The summed E-state index contributed by atoms with van der Waals surface area (Å²) in [6, 6.07) is 10.9. The second-order valence-corrected chi connectivity index (χ2v) is 9.47. The minimum absolute atomic E-state index is 0.0431. The Bertz CT molecular complexity index is 1120. The van der Waals surface area contributed by atoms with Gasteiger partial charge in [-0.3, -0.25) is 9.59 Å². The highest BCUT2D eigenvalue weighted by Gasteiger charge is 2.46. The van der Waals surface area contributed by atoms with Crippen molar-refractivity contribution in [3.8, 4) is 0 Å². The van der Waals surface area contributed by atoms with Crippen molar-refractivity contribution in [3.05, 3.63) is 52.0 Å². The summed E-state index contributed by atoms with van der Waals surface area (Å²) in [5.74, 6) is -2.44. The summed E-state index contributed by atoms with van der Waals surface area (Å²) < 4.78 is 26.8. The molecule has 3 atom stereocenters. The fraction of sp³-hybridized carbons (Fsp3) is 0.409. The number of imidazole rings is 1. The van der Waals surface area contributed by atoms with Crippen LogP contribution in [-0.2, 0) is 4.79 Å². The van der Waals surface area contributed by atoms with Crippen LogP contribution in [0.4, 0.5) is 8.78 Å². The average Bonchev–Trinajstić information content (AvgIpc) is 3.07. The number of likely N-dealkylation sites (tertiary alicyclic amines) is 1. The Balaban J connectivity index is 1.19. The first-order valence-electron chi connectivity index (χ1n) is 10.3. The first kappa shape index (κ1) is 20.1. The molecule has 0 bridgehead atoms. The van der Waals surface area contributed by atoms with Gasteiger partial charge in [-0.25, -0.2) is 13.8 Å². The SMILES string of the molecule is CC(NC(=O)C1CC1c1nc2ccccc2[nH]1)c1ccc(C(=O)N2CCC(F)(F)C2)s1. The average molecular weight is 445 g/mol. The van der Waals surface area contributed by atoms with Crippen molar-refractivity contribution in [2.75, 3.05) is 13.1 Å². The summed E-state index contributed by atoms with van der Waals surface area (Å²) >= 11 is 1.24. The number of hydrogen-bond donors (Lipinski definition) is 2. The van der Waals surface area contributed by atoms with E-state index >= 15 is 0 Å². The molecule has 1 aliphatic heterocycles. The maximum absolute atomic E-state index is 13.4. The summed E-state index contributed by atoms with van der Waals surface area (Å²) in [5, 5.41) is 3.01. The molecule has 1 saturated heterocycles. The number of benzene rings is 1. The smallest absolute Gasteiger partial charge is 0.267 e. The topological polar surface area (TPSA) is 78.1 Å². The second kappa shape index (κ2) is 7.40. The number of thiophene rings is 1. The number of alkyl halides is 2. The number of para-hydroxylation sites is 2. The Labute approximate surface area is 181 Å². The van der Waals surface area contributed by atoms with E-state index in [0.29, 0.717) is 4.88 Å². The van der Waals surface area contributed by atoms with E-state index in [1.54, 1.807) is 12.1 Å². The van der Waals surface area contributed by atoms with Crippen LogP contribution < -0.4 is 5.32 Å². The van der Waals surface area contributed by atoms with Gasteiger partial charge >= 0.3 is 0 Å². The molecule has 2 aromatic heterocycles. The van der Waals surface area contributed by atoms with Gasteiger partial charge in [-0.05, 0) is 37.6 Å². The van der Waals surface area contributed by atoms with Crippen molar-refractivity contribution in [1.82, 2.24) is 20.2 Å². The van der Waals surface area contributed by atoms with Crippen molar-refractivity contribution < 1.29 is 18.4 Å². The first-order valence-corrected chi connectivity index (χ1v) is 11.1. The molecule has 3 aromatic rings. The van der Waals surface area contributed by atoms with Crippen molar-refractivity contribution in [2.45, 2.75) is 37.6 Å². The maximum atomic E-state index is 13.4. The van der Waals surface area contributed by atoms with Gasteiger partial charge < -0.3 is 15.2 Å². The Kier molecular flexibility index (Phi) is 4.80. The molecular formula is C22H22F2N4O2S. The van der Waals surface area contributed by atoms with E-state index in [0.717, 1.165) is 28.2 Å². The van der Waals surface area contributed by atoms with E-state index < -0.39 is 12.5 Å². The molecule has 0 radical (unpaired) electrons. The number of aromatic nitrogens is 2. The third-order valence-corrected chi connectivity index (χ3v) is 7.22. The van der Waals surface area contributed by atoms with Gasteiger partial charge in [0.1, 0.15) is 5.82 Å². The molecule has 6 nitrogen and oxygen atoms in total. The Hall–Kier alpha value is -2.81. The quantitative estimate of drug-likeness (QED) is 0.622. The van der Waals surface area contributed by atoms with E-state index in [1.807, 2.05) is 31.2 Å². The first-order chi connectivity index (χ1) is 14.8. The van der Waals surface area contributed by atoms with Crippen LogP contribution in [0.1, 0.15) is 52.1 Å². The van der Waals surface area contributed by atoms with Crippen molar-refractivity contribution in [1.29, 1.82) is 0 Å². The van der Waals surface area contributed by atoms with E-state index in [9.17, 15) is 18.4 Å². The van der Waals surface area contributed by atoms with Crippen LogP contribution in [0.15, 0.2) is 36.4 Å². The minimum atomic E-state index is -2.81. The lowest BCUT2D eigenvalue weighted by Crippen LogP contribution is -2.30. The lowest BCUT2D eigenvalue weighted by Gasteiger charge is -2.15. The number of carbonyl (C=O) groups excluding carboxylic acids is 2.